The minimum Gasteiger partial charge on any atom is -0.506 e. The Morgan fingerprint density at radius 1 is 1.21 bits per heavy atom. The predicted molar refractivity (Wildman–Crippen MR) is 93.2 cm³/mol. The van der Waals surface area contributed by atoms with Crippen LogP contribution in [0.4, 0.5) is 5.69 Å². The van der Waals surface area contributed by atoms with Crippen LogP contribution in [0, 0.1) is 11.3 Å². The standard InChI is InChI=1S/C17H12Cl2N2O3/c1-24-15-5-3-2-4-13(15)16(22)14(9-20)17(23)21-12-7-10(18)6-11(19)8-12/h2-8,22H,1H3,(H,21,23)/b16-14-. The molecule has 2 aromatic rings. The number of methoxy groups -OCH3 is 1. The summed E-state index contributed by atoms with van der Waals surface area (Å²) in [7, 11) is 1.42. The van der Waals surface area contributed by atoms with E-state index in [1.54, 1.807) is 24.3 Å². The Hall–Kier alpha value is -2.68. The summed E-state index contributed by atoms with van der Waals surface area (Å²) in [6.07, 6.45) is 0. The van der Waals surface area contributed by atoms with E-state index in [0.29, 0.717) is 21.5 Å². The number of amides is 1. The van der Waals surface area contributed by atoms with Crippen LogP contribution < -0.4 is 10.1 Å². The van der Waals surface area contributed by atoms with Gasteiger partial charge in [0.1, 0.15) is 17.6 Å². The van der Waals surface area contributed by atoms with Crippen molar-refractivity contribution in [3.8, 4) is 11.8 Å². The number of hydrogen-bond donors (Lipinski definition) is 2. The first-order valence-corrected chi connectivity index (χ1v) is 7.46. The Morgan fingerprint density at radius 3 is 2.42 bits per heavy atom. The fourth-order valence-electron chi connectivity index (χ4n) is 2.01. The van der Waals surface area contributed by atoms with E-state index in [1.165, 1.54) is 31.4 Å². The zero-order valence-electron chi connectivity index (χ0n) is 12.5. The average molecular weight is 363 g/mol. The van der Waals surface area contributed by atoms with Crippen LogP contribution in [0.15, 0.2) is 48.0 Å². The summed E-state index contributed by atoms with van der Waals surface area (Å²) in [5.74, 6) is -0.943. The number of ether oxygens (including phenoxy) is 1. The number of carbonyl (C=O) groups is 1. The molecule has 0 unspecified atom stereocenters. The lowest BCUT2D eigenvalue weighted by Crippen LogP contribution is -2.15. The lowest BCUT2D eigenvalue weighted by atomic mass is 10.1. The van der Waals surface area contributed by atoms with Gasteiger partial charge >= 0.3 is 0 Å². The molecule has 0 bridgehead atoms. The van der Waals surface area contributed by atoms with E-state index < -0.39 is 17.2 Å². The molecule has 0 aromatic heterocycles. The highest BCUT2D eigenvalue weighted by molar-refractivity contribution is 6.35. The number of halogens is 2. The lowest BCUT2D eigenvalue weighted by Gasteiger charge is -2.10. The number of nitrogens with one attached hydrogen (secondary N) is 1. The third-order valence-electron chi connectivity index (χ3n) is 3.06. The molecule has 2 rings (SSSR count). The summed E-state index contributed by atoms with van der Waals surface area (Å²) >= 11 is 11.7. The van der Waals surface area contributed by atoms with Gasteiger partial charge in [-0.05, 0) is 30.3 Å². The summed E-state index contributed by atoms with van der Waals surface area (Å²) in [6.45, 7) is 0. The molecule has 24 heavy (non-hydrogen) atoms. The smallest absolute Gasteiger partial charge is 0.270 e. The minimum atomic E-state index is -0.792. The predicted octanol–water partition coefficient (Wildman–Crippen LogP) is 4.43. The molecular formula is C17H12Cl2N2O3. The van der Waals surface area contributed by atoms with E-state index in [2.05, 4.69) is 5.32 Å². The monoisotopic (exact) mass is 362 g/mol. The van der Waals surface area contributed by atoms with Gasteiger partial charge in [0.05, 0.1) is 12.7 Å². The highest BCUT2D eigenvalue weighted by atomic mass is 35.5. The Morgan fingerprint density at radius 2 is 1.83 bits per heavy atom. The Kier molecular flexibility index (Phi) is 5.69. The molecule has 0 aliphatic heterocycles. The van der Waals surface area contributed by atoms with Crippen molar-refractivity contribution < 1.29 is 14.6 Å². The van der Waals surface area contributed by atoms with Gasteiger partial charge in [0.15, 0.2) is 5.57 Å². The highest BCUT2D eigenvalue weighted by Crippen LogP contribution is 2.27. The molecule has 0 heterocycles. The summed E-state index contributed by atoms with van der Waals surface area (Å²) in [6, 6.07) is 12.6. The van der Waals surface area contributed by atoms with Gasteiger partial charge in [-0.25, -0.2) is 0 Å². The van der Waals surface area contributed by atoms with Crippen molar-refractivity contribution in [2.45, 2.75) is 0 Å². The van der Waals surface area contributed by atoms with E-state index in [0.717, 1.165) is 0 Å². The summed E-state index contributed by atoms with van der Waals surface area (Å²) in [4.78, 5) is 12.3. The van der Waals surface area contributed by atoms with Crippen LogP contribution >= 0.6 is 23.2 Å². The van der Waals surface area contributed by atoms with Crippen molar-refractivity contribution in [3.63, 3.8) is 0 Å². The van der Waals surface area contributed by atoms with Crippen molar-refractivity contribution in [2.24, 2.45) is 0 Å². The van der Waals surface area contributed by atoms with Gasteiger partial charge in [-0.2, -0.15) is 5.26 Å². The number of carbonyl (C=O) groups excluding carboxylic acids is 1. The molecule has 0 saturated heterocycles. The number of anilines is 1. The van der Waals surface area contributed by atoms with E-state index in [1.807, 2.05) is 0 Å². The molecule has 0 spiro atoms. The minimum absolute atomic E-state index is 0.232. The summed E-state index contributed by atoms with van der Waals surface area (Å²) in [5.41, 5.74) is 0.0736. The number of aliphatic hydroxyl groups is 1. The molecule has 0 radical (unpaired) electrons. The van der Waals surface area contributed by atoms with E-state index in [-0.39, 0.29) is 5.56 Å². The van der Waals surface area contributed by atoms with Crippen LogP contribution in [0.2, 0.25) is 10.0 Å². The lowest BCUT2D eigenvalue weighted by molar-refractivity contribution is -0.112. The highest BCUT2D eigenvalue weighted by Gasteiger charge is 2.19. The second-order valence-electron chi connectivity index (χ2n) is 4.65. The molecule has 0 fully saturated rings. The number of rotatable bonds is 4. The van der Waals surface area contributed by atoms with Gasteiger partial charge in [-0.1, -0.05) is 35.3 Å². The van der Waals surface area contributed by atoms with Gasteiger partial charge in [0.2, 0.25) is 0 Å². The zero-order chi connectivity index (χ0) is 17.7. The first-order chi connectivity index (χ1) is 11.5. The Balaban J connectivity index is 2.39. The van der Waals surface area contributed by atoms with Crippen molar-refractivity contribution in [1.82, 2.24) is 0 Å². The number of para-hydroxylation sites is 1. The van der Waals surface area contributed by atoms with E-state index in [4.69, 9.17) is 27.9 Å². The van der Waals surface area contributed by atoms with Gasteiger partial charge in [-0.3, -0.25) is 4.79 Å². The molecule has 2 aromatic carbocycles. The van der Waals surface area contributed by atoms with Crippen molar-refractivity contribution in [3.05, 3.63) is 63.6 Å². The molecule has 1 amide bonds. The molecule has 5 nitrogen and oxygen atoms in total. The molecule has 0 aliphatic rings. The third kappa shape index (κ3) is 3.99. The van der Waals surface area contributed by atoms with E-state index in [9.17, 15) is 15.2 Å². The van der Waals surface area contributed by atoms with Crippen LogP contribution in [-0.2, 0) is 4.79 Å². The summed E-state index contributed by atoms with van der Waals surface area (Å²) < 4.78 is 5.12. The maximum absolute atomic E-state index is 12.3. The van der Waals surface area contributed by atoms with Gasteiger partial charge in [0, 0.05) is 15.7 Å². The van der Waals surface area contributed by atoms with E-state index >= 15 is 0 Å². The number of nitriles is 1. The molecule has 7 heteroatoms. The van der Waals surface area contributed by atoms with Crippen LogP contribution in [0.3, 0.4) is 0 Å². The Bertz CT molecular complexity index is 837. The van der Waals surface area contributed by atoms with Crippen molar-refractivity contribution >= 4 is 40.6 Å². The molecule has 0 saturated carbocycles. The van der Waals surface area contributed by atoms with Crippen molar-refractivity contribution in [2.75, 3.05) is 12.4 Å². The summed E-state index contributed by atoms with van der Waals surface area (Å²) in [5, 5.41) is 22.7. The fourth-order valence-corrected chi connectivity index (χ4v) is 2.53. The molecule has 0 atom stereocenters. The average Bonchev–Trinajstić information content (AvgIpc) is 2.54. The van der Waals surface area contributed by atoms with Gasteiger partial charge < -0.3 is 15.2 Å². The van der Waals surface area contributed by atoms with Crippen LogP contribution in [0.5, 0.6) is 5.75 Å². The SMILES string of the molecule is COc1ccccc1/C(O)=C(\C#N)C(=O)Nc1cc(Cl)cc(Cl)c1. The van der Waals surface area contributed by atoms with Crippen molar-refractivity contribution in [1.29, 1.82) is 5.26 Å². The molecule has 0 aliphatic carbocycles. The molecular weight excluding hydrogens is 351 g/mol. The number of hydrogen-bond acceptors (Lipinski definition) is 4. The van der Waals surface area contributed by atoms with Gasteiger partial charge in [-0.15, -0.1) is 0 Å². The second kappa shape index (κ2) is 7.73. The van der Waals surface area contributed by atoms with Crippen LogP contribution in [-0.4, -0.2) is 18.1 Å². The zero-order valence-corrected chi connectivity index (χ0v) is 14.0. The largest absolute Gasteiger partial charge is 0.506 e. The topological polar surface area (TPSA) is 82.3 Å². The number of nitrogens with zero attached hydrogens (tertiary/aromatic N) is 1. The second-order valence-corrected chi connectivity index (χ2v) is 5.52. The first-order valence-electron chi connectivity index (χ1n) is 6.70. The Labute approximate surface area is 148 Å². The first kappa shape index (κ1) is 17.7. The fraction of sp³-hybridized carbons (Fsp3) is 0.0588. The number of aliphatic hydroxyl groups excluding tert-OH is 1. The normalized spacial score (nSPS) is 11.2. The third-order valence-corrected chi connectivity index (χ3v) is 3.49. The van der Waals surface area contributed by atoms with Crippen LogP contribution in [0.1, 0.15) is 5.56 Å². The maximum atomic E-state index is 12.3. The van der Waals surface area contributed by atoms with Gasteiger partial charge in [0.25, 0.3) is 5.91 Å². The quantitative estimate of drug-likeness (QED) is 0.478. The van der Waals surface area contributed by atoms with Crippen LogP contribution in [0.25, 0.3) is 5.76 Å². The maximum Gasteiger partial charge on any atom is 0.270 e. The number of benzene rings is 2. The molecule has 122 valence electrons. The molecule has 2 N–H and O–H groups in total.